The van der Waals surface area contributed by atoms with E-state index in [1.54, 1.807) is 38.1 Å². The normalized spacial score (nSPS) is 15.5. The fourth-order valence-electron chi connectivity index (χ4n) is 3.68. The highest BCUT2D eigenvalue weighted by Crippen LogP contribution is 2.32. The van der Waals surface area contributed by atoms with Crippen molar-refractivity contribution in [1.82, 2.24) is 20.6 Å². The maximum absolute atomic E-state index is 12.8. The predicted octanol–water partition coefficient (Wildman–Crippen LogP) is 3.70. The molecule has 3 heterocycles. The average Bonchev–Trinajstić information content (AvgIpc) is 3.11. The molecule has 0 bridgehead atoms. The third kappa shape index (κ3) is 5.14. The smallest absolute Gasteiger partial charge is 0.337 e. The molecular weight excluding hydrogens is 470 g/mol. The van der Waals surface area contributed by atoms with Gasteiger partial charge in [0, 0.05) is 22.6 Å². The highest BCUT2D eigenvalue weighted by molar-refractivity contribution is 7.99. The van der Waals surface area contributed by atoms with Crippen molar-refractivity contribution < 1.29 is 23.5 Å². The number of hydrogen-bond acceptors (Lipinski definition) is 8. The van der Waals surface area contributed by atoms with Crippen LogP contribution in [0.3, 0.4) is 0 Å². The van der Waals surface area contributed by atoms with E-state index in [1.807, 2.05) is 19.9 Å². The van der Waals surface area contributed by atoms with Crippen LogP contribution in [0.2, 0.25) is 0 Å². The molecule has 0 radical (unpaired) electrons. The summed E-state index contributed by atoms with van der Waals surface area (Å²) in [7, 11) is 0. The Balaban J connectivity index is 1.66. The fourth-order valence-corrected chi connectivity index (χ4v) is 4.49. The van der Waals surface area contributed by atoms with Gasteiger partial charge in [0.25, 0.3) is 5.91 Å². The van der Waals surface area contributed by atoms with Gasteiger partial charge >= 0.3 is 12.0 Å². The van der Waals surface area contributed by atoms with Gasteiger partial charge in [-0.05, 0) is 39.8 Å². The Kier molecular flexibility index (Phi) is 7.06. The predicted molar refractivity (Wildman–Crippen MR) is 131 cm³/mol. The van der Waals surface area contributed by atoms with Gasteiger partial charge < -0.3 is 25.1 Å². The highest BCUT2D eigenvalue weighted by Gasteiger charge is 2.30. The van der Waals surface area contributed by atoms with Crippen molar-refractivity contribution in [3.05, 3.63) is 58.5 Å². The first kappa shape index (κ1) is 24.3. The summed E-state index contributed by atoms with van der Waals surface area (Å²) in [6.07, 6.45) is 0. The highest BCUT2D eigenvalue weighted by atomic mass is 32.2. The van der Waals surface area contributed by atoms with Crippen molar-refractivity contribution in [3.63, 3.8) is 0 Å². The van der Waals surface area contributed by atoms with Gasteiger partial charge in [-0.3, -0.25) is 4.79 Å². The second kappa shape index (κ2) is 10.2. The topological polar surface area (TPSA) is 135 Å². The van der Waals surface area contributed by atoms with Gasteiger partial charge in [0.1, 0.15) is 11.6 Å². The van der Waals surface area contributed by atoms with Crippen LogP contribution in [0.4, 0.5) is 10.6 Å². The Hall–Kier alpha value is -3.86. The van der Waals surface area contributed by atoms with E-state index >= 15 is 0 Å². The Labute approximate surface area is 205 Å². The number of thioether (sulfide) groups is 1. The lowest BCUT2D eigenvalue weighted by atomic mass is 10.1. The van der Waals surface area contributed by atoms with Crippen LogP contribution >= 0.6 is 11.8 Å². The van der Waals surface area contributed by atoms with Crippen LogP contribution in [-0.2, 0) is 9.53 Å². The first-order chi connectivity index (χ1) is 16.8. The number of aryl methyl sites for hydroxylation is 2. The molecule has 182 valence electrons. The molecule has 0 fully saturated rings. The number of nitrogens with zero attached hydrogens (tertiary/aromatic N) is 2. The Morgan fingerprint density at radius 3 is 2.66 bits per heavy atom. The molecule has 2 aromatic heterocycles. The number of amides is 3. The number of rotatable bonds is 7. The van der Waals surface area contributed by atoms with Crippen LogP contribution in [-0.4, -0.2) is 46.3 Å². The lowest BCUT2D eigenvalue weighted by Crippen LogP contribution is -2.49. The third-order valence-corrected chi connectivity index (χ3v) is 6.36. The lowest BCUT2D eigenvalue weighted by molar-refractivity contribution is -0.138. The van der Waals surface area contributed by atoms with Crippen molar-refractivity contribution in [2.24, 2.45) is 0 Å². The molecule has 0 saturated heterocycles. The maximum atomic E-state index is 12.8. The SMILES string of the molecule is CCOC(=O)C1=C(CSc2nc(NC(=O)c3ccccc3)c3c(C)c(C)oc3n2)NC(=O)NC1C. The number of benzene rings is 1. The molecule has 10 nitrogen and oxygen atoms in total. The summed E-state index contributed by atoms with van der Waals surface area (Å²) in [4.78, 5) is 46.4. The van der Waals surface area contributed by atoms with Crippen LogP contribution in [0.15, 0.2) is 51.2 Å². The minimum atomic E-state index is -0.516. The second-order valence-corrected chi connectivity index (χ2v) is 8.80. The summed E-state index contributed by atoms with van der Waals surface area (Å²) in [6.45, 7) is 7.33. The zero-order valence-electron chi connectivity index (χ0n) is 19.7. The number of aromatic nitrogens is 2. The van der Waals surface area contributed by atoms with Gasteiger partial charge in [-0.2, -0.15) is 4.98 Å². The standard InChI is InChI=1S/C24H25N5O5S/c1-5-33-22(31)18-13(3)25-23(32)26-16(18)11-35-24-28-19(17-12(2)14(4)34-21(17)29-24)27-20(30)15-9-7-6-8-10-15/h6-10,13H,5,11H2,1-4H3,(H2,25,26,32)(H,27,28,29,30). The molecule has 3 aromatic rings. The zero-order valence-corrected chi connectivity index (χ0v) is 20.5. The molecule has 0 spiro atoms. The van der Waals surface area contributed by atoms with Gasteiger partial charge in [-0.1, -0.05) is 30.0 Å². The summed E-state index contributed by atoms with van der Waals surface area (Å²) in [5, 5.41) is 9.14. The fraction of sp³-hybridized carbons (Fsp3) is 0.292. The van der Waals surface area contributed by atoms with E-state index in [1.165, 1.54) is 11.8 Å². The van der Waals surface area contributed by atoms with Crippen LogP contribution < -0.4 is 16.0 Å². The van der Waals surface area contributed by atoms with E-state index in [9.17, 15) is 14.4 Å². The molecule has 35 heavy (non-hydrogen) atoms. The molecule has 3 amide bonds. The molecule has 1 aliphatic rings. The molecule has 1 aromatic carbocycles. The number of anilines is 1. The Bertz CT molecular complexity index is 1340. The van der Waals surface area contributed by atoms with Crippen LogP contribution in [0.25, 0.3) is 11.1 Å². The lowest BCUT2D eigenvalue weighted by Gasteiger charge is -2.26. The molecule has 1 aliphatic heterocycles. The molecule has 1 unspecified atom stereocenters. The Morgan fingerprint density at radius 1 is 1.20 bits per heavy atom. The molecule has 3 N–H and O–H groups in total. The van der Waals surface area contributed by atoms with E-state index in [2.05, 4.69) is 25.9 Å². The van der Waals surface area contributed by atoms with Crippen molar-refractivity contribution in [2.45, 2.75) is 38.9 Å². The monoisotopic (exact) mass is 495 g/mol. The molecule has 4 rings (SSSR count). The summed E-state index contributed by atoms with van der Waals surface area (Å²) < 4.78 is 11.0. The minimum absolute atomic E-state index is 0.197. The van der Waals surface area contributed by atoms with Gasteiger partial charge in [0.05, 0.1) is 23.6 Å². The number of nitrogens with one attached hydrogen (secondary N) is 3. The van der Waals surface area contributed by atoms with E-state index < -0.39 is 18.0 Å². The van der Waals surface area contributed by atoms with E-state index in [4.69, 9.17) is 9.15 Å². The maximum Gasteiger partial charge on any atom is 0.337 e. The van der Waals surface area contributed by atoms with Gasteiger partial charge in [0.15, 0.2) is 5.16 Å². The number of hydrogen-bond donors (Lipinski definition) is 3. The number of carbonyl (C=O) groups excluding carboxylic acids is 3. The summed E-state index contributed by atoms with van der Waals surface area (Å²) in [5.74, 6) is 0.364. The van der Waals surface area contributed by atoms with Crippen LogP contribution in [0.5, 0.6) is 0 Å². The number of fused-ring (bicyclic) bond motifs is 1. The number of carbonyl (C=O) groups is 3. The Morgan fingerprint density at radius 2 is 1.94 bits per heavy atom. The van der Waals surface area contributed by atoms with Crippen LogP contribution in [0, 0.1) is 13.8 Å². The minimum Gasteiger partial charge on any atom is -0.463 e. The number of urea groups is 1. The molecule has 11 heteroatoms. The van der Waals surface area contributed by atoms with Gasteiger partial charge in [-0.25, -0.2) is 14.6 Å². The van der Waals surface area contributed by atoms with Gasteiger partial charge in [-0.15, -0.1) is 0 Å². The van der Waals surface area contributed by atoms with E-state index in [0.29, 0.717) is 44.7 Å². The summed E-state index contributed by atoms with van der Waals surface area (Å²) in [6, 6.07) is 7.88. The number of esters is 1. The van der Waals surface area contributed by atoms with Crippen molar-refractivity contribution >= 4 is 46.6 Å². The quantitative estimate of drug-likeness (QED) is 0.256. The number of ether oxygens (including phenoxy) is 1. The van der Waals surface area contributed by atoms with Crippen molar-refractivity contribution in [2.75, 3.05) is 17.7 Å². The number of furan rings is 1. The van der Waals surface area contributed by atoms with Crippen molar-refractivity contribution in [3.8, 4) is 0 Å². The molecule has 0 saturated carbocycles. The summed E-state index contributed by atoms with van der Waals surface area (Å²) >= 11 is 1.20. The van der Waals surface area contributed by atoms with E-state index in [-0.39, 0.29) is 18.3 Å². The van der Waals surface area contributed by atoms with Gasteiger partial charge in [0.2, 0.25) is 5.71 Å². The largest absolute Gasteiger partial charge is 0.463 e. The second-order valence-electron chi connectivity index (χ2n) is 7.86. The molecule has 0 aliphatic carbocycles. The average molecular weight is 496 g/mol. The third-order valence-electron chi connectivity index (χ3n) is 5.49. The molecule has 1 atom stereocenters. The first-order valence-electron chi connectivity index (χ1n) is 11.0. The first-order valence-corrected chi connectivity index (χ1v) is 12.0. The van der Waals surface area contributed by atoms with Crippen molar-refractivity contribution in [1.29, 1.82) is 0 Å². The molecular formula is C24H25N5O5S. The van der Waals surface area contributed by atoms with Crippen LogP contribution in [0.1, 0.15) is 35.5 Å². The summed E-state index contributed by atoms with van der Waals surface area (Å²) in [5.41, 5.74) is 2.40. The zero-order chi connectivity index (χ0) is 25.1. The van der Waals surface area contributed by atoms with E-state index in [0.717, 1.165) is 5.56 Å².